The van der Waals surface area contributed by atoms with E-state index in [0.717, 1.165) is 32.1 Å². The van der Waals surface area contributed by atoms with Crippen LogP contribution in [0.3, 0.4) is 0 Å². The third-order valence-electron chi connectivity index (χ3n) is 5.72. The van der Waals surface area contributed by atoms with E-state index < -0.39 is 0 Å². The van der Waals surface area contributed by atoms with Crippen LogP contribution < -0.4 is 10.1 Å². The van der Waals surface area contributed by atoms with Crippen molar-refractivity contribution in [3.63, 3.8) is 0 Å². The number of nitrogens with one attached hydrogen (secondary N) is 1. The van der Waals surface area contributed by atoms with Crippen LogP contribution in [0.5, 0.6) is 5.75 Å². The van der Waals surface area contributed by atoms with Crippen molar-refractivity contribution in [2.45, 2.75) is 32.1 Å². The number of carbonyl (C=O) groups excluding carboxylic acids is 3. The van der Waals surface area contributed by atoms with Gasteiger partial charge in [-0.1, -0.05) is 55.7 Å². The number of carbonyl (C=O) groups is 3. The molecule has 0 saturated heterocycles. The van der Waals surface area contributed by atoms with Crippen LogP contribution in [0.25, 0.3) is 5.57 Å². The van der Waals surface area contributed by atoms with E-state index in [9.17, 15) is 14.4 Å². The number of amides is 1. The summed E-state index contributed by atoms with van der Waals surface area (Å²) in [4.78, 5) is 39.4. The number of ketones is 2. The molecular formula is C24H23NO4. The van der Waals surface area contributed by atoms with E-state index in [1.807, 2.05) is 0 Å². The molecule has 2 aliphatic rings. The molecule has 5 heteroatoms. The fourth-order valence-electron chi connectivity index (χ4n) is 4.12. The van der Waals surface area contributed by atoms with Gasteiger partial charge < -0.3 is 10.1 Å². The van der Waals surface area contributed by atoms with Crippen molar-refractivity contribution in [2.75, 3.05) is 7.11 Å². The first-order chi connectivity index (χ1) is 14.1. The van der Waals surface area contributed by atoms with E-state index in [0.29, 0.717) is 22.4 Å². The van der Waals surface area contributed by atoms with Crippen LogP contribution in [0.4, 0.5) is 0 Å². The minimum Gasteiger partial charge on any atom is -0.497 e. The summed E-state index contributed by atoms with van der Waals surface area (Å²) in [6.07, 6.45) is 4.79. The van der Waals surface area contributed by atoms with E-state index >= 15 is 0 Å². The molecule has 0 aromatic heterocycles. The number of Topliss-reactive ketones (excluding diaryl/α,β-unsaturated/α-hetero) is 2. The van der Waals surface area contributed by atoms with Crippen LogP contribution in [0.15, 0.2) is 54.2 Å². The SMILES string of the molecule is COc1ccc(C2=C(NC(=O)C3CCCCC3)C(=O)c3ccccc3C2=O)cc1. The molecule has 0 unspecified atom stereocenters. The van der Waals surface area contributed by atoms with E-state index in [-0.39, 0.29) is 34.7 Å². The maximum atomic E-state index is 13.3. The molecule has 0 radical (unpaired) electrons. The second kappa shape index (κ2) is 8.03. The third kappa shape index (κ3) is 3.60. The Morgan fingerprint density at radius 1 is 0.897 bits per heavy atom. The second-order valence-electron chi connectivity index (χ2n) is 7.51. The summed E-state index contributed by atoms with van der Waals surface area (Å²) in [7, 11) is 1.57. The second-order valence-corrected chi connectivity index (χ2v) is 7.51. The highest BCUT2D eigenvalue weighted by Crippen LogP contribution is 2.33. The van der Waals surface area contributed by atoms with Gasteiger partial charge in [0.05, 0.1) is 12.7 Å². The van der Waals surface area contributed by atoms with E-state index in [1.165, 1.54) is 0 Å². The Labute approximate surface area is 169 Å². The molecule has 1 saturated carbocycles. The summed E-state index contributed by atoms with van der Waals surface area (Å²) >= 11 is 0. The zero-order valence-corrected chi connectivity index (χ0v) is 16.4. The topological polar surface area (TPSA) is 72.5 Å². The van der Waals surface area contributed by atoms with E-state index in [2.05, 4.69) is 5.32 Å². The van der Waals surface area contributed by atoms with Crippen LogP contribution in [-0.4, -0.2) is 24.6 Å². The van der Waals surface area contributed by atoms with Crippen molar-refractivity contribution in [3.05, 3.63) is 70.9 Å². The molecule has 29 heavy (non-hydrogen) atoms. The molecule has 4 rings (SSSR count). The van der Waals surface area contributed by atoms with Gasteiger partial charge in [-0.2, -0.15) is 0 Å². The Kier molecular flexibility index (Phi) is 5.30. The molecule has 0 heterocycles. The molecule has 2 aliphatic carbocycles. The van der Waals surface area contributed by atoms with Crippen molar-refractivity contribution in [1.82, 2.24) is 5.32 Å². The lowest BCUT2D eigenvalue weighted by Crippen LogP contribution is -2.37. The van der Waals surface area contributed by atoms with Crippen molar-refractivity contribution >= 4 is 23.0 Å². The predicted molar refractivity (Wildman–Crippen MR) is 110 cm³/mol. The zero-order valence-electron chi connectivity index (χ0n) is 16.4. The average Bonchev–Trinajstić information content (AvgIpc) is 2.78. The Bertz CT molecular complexity index is 998. The molecule has 1 N–H and O–H groups in total. The zero-order chi connectivity index (χ0) is 20.4. The summed E-state index contributed by atoms with van der Waals surface area (Å²) < 4.78 is 5.19. The summed E-state index contributed by atoms with van der Waals surface area (Å²) in [5, 5.41) is 2.83. The molecule has 0 spiro atoms. The van der Waals surface area contributed by atoms with Gasteiger partial charge in [-0.3, -0.25) is 14.4 Å². The van der Waals surface area contributed by atoms with Crippen LogP contribution in [0.2, 0.25) is 0 Å². The van der Waals surface area contributed by atoms with Gasteiger partial charge in [-0.25, -0.2) is 0 Å². The summed E-state index contributed by atoms with van der Waals surface area (Å²) in [6, 6.07) is 13.7. The lowest BCUT2D eigenvalue weighted by molar-refractivity contribution is -0.125. The molecule has 5 nitrogen and oxygen atoms in total. The predicted octanol–water partition coefficient (Wildman–Crippen LogP) is 4.18. The fraction of sp³-hybridized carbons (Fsp3) is 0.292. The molecule has 1 fully saturated rings. The van der Waals surface area contributed by atoms with Gasteiger partial charge in [-0.05, 0) is 30.5 Å². The number of allylic oxidation sites excluding steroid dienone is 2. The van der Waals surface area contributed by atoms with Gasteiger partial charge in [0.25, 0.3) is 0 Å². The molecular weight excluding hydrogens is 366 g/mol. The van der Waals surface area contributed by atoms with E-state index in [4.69, 9.17) is 4.74 Å². The maximum absolute atomic E-state index is 13.3. The molecule has 1 amide bonds. The number of hydrogen-bond donors (Lipinski definition) is 1. The third-order valence-corrected chi connectivity index (χ3v) is 5.72. The number of fused-ring (bicyclic) bond motifs is 1. The first kappa shape index (κ1) is 19.1. The minimum atomic E-state index is -0.324. The Balaban J connectivity index is 1.78. The minimum absolute atomic E-state index is 0.0782. The quantitative estimate of drug-likeness (QED) is 0.851. The van der Waals surface area contributed by atoms with Crippen molar-refractivity contribution in [3.8, 4) is 5.75 Å². The van der Waals surface area contributed by atoms with Crippen LogP contribution in [0.1, 0.15) is 58.4 Å². The molecule has 148 valence electrons. The lowest BCUT2D eigenvalue weighted by Gasteiger charge is -2.25. The smallest absolute Gasteiger partial charge is 0.227 e. The van der Waals surface area contributed by atoms with E-state index in [1.54, 1.807) is 55.6 Å². The highest BCUT2D eigenvalue weighted by atomic mass is 16.5. The largest absolute Gasteiger partial charge is 0.497 e. The van der Waals surface area contributed by atoms with Crippen molar-refractivity contribution < 1.29 is 19.1 Å². The van der Waals surface area contributed by atoms with Crippen molar-refractivity contribution in [2.24, 2.45) is 5.92 Å². The first-order valence-corrected chi connectivity index (χ1v) is 9.98. The van der Waals surface area contributed by atoms with Gasteiger partial charge >= 0.3 is 0 Å². The van der Waals surface area contributed by atoms with Gasteiger partial charge in [0.2, 0.25) is 11.7 Å². The maximum Gasteiger partial charge on any atom is 0.227 e. The molecule has 0 bridgehead atoms. The van der Waals surface area contributed by atoms with Gasteiger partial charge in [0.15, 0.2) is 5.78 Å². The molecule has 0 aliphatic heterocycles. The van der Waals surface area contributed by atoms with Crippen LogP contribution in [0, 0.1) is 5.92 Å². The summed E-state index contributed by atoms with van der Waals surface area (Å²) in [5.41, 5.74) is 1.58. The highest BCUT2D eigenvalue weighted by Gasteiger charge is 2.35. The number of benzene rings is 2. The Morgan fingerprint density at radius 2 is 1.52 bits per heavy atom. The Morgan fingerprint density at radius 3 is 2.14 bits per heavy atom. The molecule has 0 atom stereocenters. The Hall–Kier alpha value is -3.21. The van der Waals surface area contributed by atoms with Crippen molar-refractivity contribution in [1.29, 1.82) is 0 Å². The average molecular weight is 389 g/mol. The lowest BCUT2D eigenvalue weighted by atomic mass is 9.83. The number of ether oxygens (including phenoxy) is 1. The number of hydrogen-bond acceptors (Lipinski definition) is 4. The molecule has 2 aromatic rings. The highest BCUT2D eigenvalue weighted by molar-refractivity contribution is 6.40. The number of rotatable bonds is 4. The monoisotopic (exact) mass is 389 g/mol. The number of methoxy groups -OCH3 is 1. The molecule has 2 aromatic carbocycles. The summed E-state index contributed by atoms with van der Waals surface area (Å²) in [6.45, 7) is 0. The normalized spacial score (nSPS) is 17.1. The fourth-order valence-corrected chi connectivity index (χ4v) is 4.12. The van der Waals surface area contributed by atoms with Crippen LogP contribution >= 0.6 is 0 Å². The standard InChI is InChI=1S/C24H23NO4/c1-29-17-13-11-15(12-14-17)20-21(25-24(28)16-7-3-2-4-8-16)23(27)19-10-6-5-9-18(19)22(20)26/h5-6,9-14,16H,2-4,7-8H2,1H3,(H,25,28). The first-order valence-electron chi connectivity index (χ1n) is 9.98. The van der Waals surface area contributed by atoms with Gasteiger partial charge in [0, 0.05) is 17.0 Å². The summed E-state index contributed by atoms with van der Waals surface area (Å²) in [5.74, 6) is -0.226. The van der Waals surface area contributed by atoms with Gasteiger partial charge in [-0.15, -0.1) is 0 Å². The van der Waals surface area contributed by atoms with Crippen LogP contribution in [-0.2, 0) is 4.79 Å². The van der Waals surface area contributed by atoms with Gasteiger partial charge in [0.1, 0.15) is 11.4 Å².